The molecule has 12 heteroatoms. The number of para-hydroxylation sites is 1. The number of hydrogen-bond acceptors (Lipinski definition) is 11. The number of fused-ring (bicyclic) bond motifs is 1. The lowest BCUT2D eigenvalue weighted by molar-refractivity contribution is 0.0572. The molecule has 5 rings (SSSR count). The summed E-state index contributed by atoms with van der Waals surface area (Å²) in [4.78, 5) is 14.5. The van der Waals surface area contributed by atoms with Gasteiger partial charge in [0.15, 0.2) is 0 Å². The van der Waals surface area contributed by atoms with Gasteiger partial charge in [-0.15, -0.1) is 5.10 Å². The number of ether oxygens (including phenoxy) is 1. The molecule has 0 saturated carbocycles. The summed E-state index contributed by atoms with van der Waals surface area (Å²) in [7, 11) is 0. The summed E-state index contributed by atoms with van der Waals surface area (Å²) >= 11 is 0. The van der Waals surface area contributed by atoms with Crippen LogP contribution in [0.1, 0.15) is 25.0 Å². The van der Waals surface area contributed by atoms with Crippen LogP contribution in [0.5, 0.6) is 0 Å². The second kappa shape index (κ2) is 14.5. The molecule has 0 atom stereocenters. The van der Waals surface area contributed by atoms with E-state index < -0.39 is 0 Å². The molecule has 39 heavy (non-hydrogen) atoms. The predicted octanol–water partition coefficient (Wildman–Crippen LogP) is 1.01. The van der Waals surface area contributed by atoms with Gasteiger partial charge in [-0.1, -0.05) is 17.3 Å². The molecule has 4 heterocycles. The molecule has 2 fully saturated rings. The summed E-state index contributed by atoms with van der Waals surface area (Å²) < 4.78 is 7.31. The number of hydrogen-bond donors (Lipinski definition) is 4. The van der Waals surface area contributed by atoms with Crippen molar-refractivity contribution in [2.75, 3.05) is 82.8 Å². The van der Waals surface area contributed by atoms with Crippen molar-refractivity contribution >= 4 is 22.7 Å². The summed E-state index contributed by atoms with van der Waals surface area (Å²) in [6.07, 6.45) is 5.21. The molecule has 212 valence electrons. The Morgan fingerprint density at radius 1 is 0.974 bits per heavy atom. The number of aryl methyl sites for hydroxylation is 1. The van der Waals surface area contributed by atoms with Crippen LogP contribution >= 0.6 is 0 Å². The van der Waals surface area contributed by atoms with Crippen LogP contribution in [0.15, 0.2) is 30.5 Å². The Balaban J connectivity index is 1.06. The standard InChI is InChI=1S/C27H42N10O2/c38-17-19-39-18-16-36-14-12-35(13-15-36)10-3-11-37-21-23(33-34-37)20-29-27-31-25-5-2-1-4-24(25)26(32-27)30-22-6-8-28-9-7-22/h1-2,4-5,21-22,28,38H,3,6-20H2,(H2,29,30,31,32). The van der Waals surface area contributed by atoms with Crippen LogP contribution < -0.4 is 16.0 Å². The van der Waals surface area contributed by atoms with Crippen LogP contribution in [-0.2, 0) is 17.8 Å². The third-order valence-electron chi connectivity index (χ3n) is 7.41. The molecule has 3 aromatic rings. The molecule has 12 nitrogen and oxygen atoms in total. The average Bonchev–Trinajstić information content (AvgIpc) is 3.43. The van der Waals surface area contributed by atoms with E-state index >= 15 is 0 Å². The summed E-state index contributed by atoms with van der Waals surface area (Å²) in [6, 6.07) is 8.56. The van der Waals surface area contributed by atoms with Crippen LogP contribution in [0.2, 0.25) is 0 Å². The Labute approximate surface area is 230 Å². The molecule has 0 radical (unpaired) electrons. The first-order valence-electron chi connectivity index (χ1n) is 14.3. The van der Waals surface area contributed by atoms with Gasteiger partial charge in [0, 0.05) is 57.2 Å². The van der Waals surface area contributed by atoms with Gasteiger partial charge < -0.3 is 30.7 Å². The zero-order valence-corrected chi connectivity index (χ0v) is 22.8. The van der Waals surface area contributed by atoms with Gasteiger partial charge in [0.05, 0.1) is 38.1 Å². The summed E-state index contributed by atoms with van der Waals surface area (Å²) in [5.41, 5.74) is 1.79. The Morgan fingerprint density at radius 2 is 1.77 bits per heavy atom. The van der Waals surface area contributed by atoms with E-state index in [9.17, 15) is 0 Å². The van der Waals surface area contributed by atoms with E-state index in [2.05, 4.69) is 42.1 Å². The van der Waals surface area contributed by atoms with Gasteiger partial charge in [0.1, 0.15) is 11.5 Å². The van der Waals surface area contributed by atoms with E-state index in [1.165, 1.54) is 0 Å². The molecule has 0 amide bonds. The quantitative estimate of drug-likeness (QED) is 0.220. The fourth-order valence-corrected chi connectivity index (χ4v) is 5.18. The van der Waals surface area contributed by atoms with Gasteiger partial charge in [-0.3, -0.25) is 9.58 Å². The normalized spacial score (nSPS) is 17.6. The number of benzene rings is 1. The molecule has 2 aromatic heterocycles. The Morgan fingerprint density at radius 3 is 2.59 bits per heavy atom. The fraction of sp³-hybridized carbons (Fsp3) is 0.630. The molecule has 2 aliphatic rings. The van der Waals surface area contributed by atoms with Gasteiger partial charge in [0.25, 0.3) is 0 Å². The van der Waals surface area contributed by atoms with Gasteiger partial charge in [0.2, 0.25) is 5.95 Å². The van der Waals surface area contributed by atoms with Crippen molar-refractivity contribution in [1.82, 2.24) is 40.1 Å². The van der Waals surface area contributed by atoms with Crippen LogP contribution in [0.25, 0.3) is 10.9 Å². The van der Waals surface area contributed by atoms with Crippen molar-refractivity contribution in [1.29, 1.82) is 0 Å². The molecule has 0 unspecified atom stereocenters. The lowest BCUT2D eigenvalue weighted by Gasteiger charge is -2.34. The number of nitrogens with zero attached hydrogens (tertiary/aromatic N) is 7. The highest BCUT2D eigenvalue weighted by Gasteiger charge is 2.17. The molecule has 2 aliphatic heterocycles. The van der Waals surface area contributed by atoms with Crippen LogP contribution in [0.3, 0.4) is 0 Å². The Hall–Kier alpha value is -2.90. The van der Waals surface area contributed by atoms with Crippen molar-refractivity contribution in [2.24, 2.45) is 0 Å². The topological polar surface area (TPSA) is 129 Å². The average molecular weight is 539 g/mol. The van der Waals surface area contributed by atoms with Crippen molar-refractivity contribution in [3.63, 3.8) is 0 Å². The minimum Gasteiger partial charge on any atom is -0.394 e. The van der Waals surface area contributed by atoms with E-state index in [0.717, 1.165) is 101 Å². The number of aliphatic hydroxyl groups excluding tert-OH is 1. The number of piperazine rings is 1. The minimum atomic E-state index is 0.0910. The Kier molecular flexibility index (Phi) is 10.3. The molecule has 0 bridgehead atoms. The molecule has 2 saturated heterocycles. The van der Waals surface area contributed by atoms with E-state index in [1.54, 1.807) is 0 Å². The molecular formula is C27H42N10O2. The van der Waals surface area contributed by atoms with Crippen LogP contribution in [-0.4, -0.2) is 118 Å². The monoisotopic (exact) mass is 538 g/mol. The molecular weight excluding hydrogens is 496 g/mol. The van der Waals surface area contributed by atoms with Crippen molar-refractivity contribution < 1.29 is 9.84 Å². The zero-order chi connectivity index (χ0) is 26.7. The number of anilines is 2. The van der Waals surface area contributed by atoms with E-state index in [0.29, 0.717) is 31.7 Å². The van der Waals surface area contributed by atoms with Gasteiger partial charge in [-0.25, -0.2) is 4.98 Å². The first-order chi connectivity index (χ1) is 19.3. The highest BCUT2D eigenvalue weighted by molar-refractivity contribution is 5.90. The number of piperidine rings is 1. The smallest absolute Gasteiger partial charge is 0.225 e. The maximum absolute atomic E-state index is 8.80. The second-order valence-corrected chi connectivity index (χ2v) is 10.3. The van der Waals surface area contributed by atoms with Crippen molar-refractivity contribution in [2.45, 2.75) is 38.4 Å². The number of nitrogens with one attached hydrogen (secondary N) is 3. The van der Waals surface area contributed by atoms with Crippen molar-refractivity contribution in [3.05, 3.63) is 36.2 Å². The number of aliphatic hydroxyl groups is 1. The number of aromatic nitrogens is 5. The van der Waals surface area contributed by atoms with Crippen LogP contribution in [0, 0.1) is 0 Å². The highest BCUT2D eigenvalue weighted by atomic mass is 16.5. The van der Waals surface area contributed by atoms with Gasteiger partial charge in [-0.2, -0.15) is 4.98 Å². The van der Waals surface area contributed by atoms with Crippen molar-refractivity contribution in [3.8, 4) is 0 Å². The zero-order valence-electron chi connectivity index (χ0n) is 22.8. The first-order valence-corrected chi connectivity index (χ1v) is 14.3. The SMILES string of the molecule is OCCOCCN1CCN(CCCn2cc(CNc3nc(NC4CCNCC4)c4ccccc4n3)nn2)CC1. The highest BCUT2D eigenvalue weighted by Crippen LogP contribution is 2.24. The summed E-state index contributed by atoms with van der Waals surface area (Å²) in [6.45, 7) is 10.9. The molecule has 1 aromatic carbocycles. The van der Waals surface area contributed by atoms with E-state index in [-0.39, 0.29) is 6.61 Å². The third kappa shape index (κ3) is 8.29. The minimum absolute atomic E-state index is 0.0910. The van der Waals surface area contributed by atoms with E-state index in [1.807, 2.05) is 29.1 Å². The largest absolute Gasteiger partial charge is 0.394 e. The second-order valence-electron chi connectivity index (χ2n) is 10.3. The Bertz CT molecular complexity index is 1140. The van der Waals surface area contributed by atoms with Gasteiger partial charge >= 0.3 is 0 Å². The third-order valence-corrected chi connectivity index (χ3v) is 7.41. The first kappa shape index (κ1) is 27.7. The van der Waals surface area contributed by atoms with E-state index in [4.69, 9.17) is 19.8 Å². The fourth-order valence-electron chi connectivity index (χ4n) is 5.18. The maximum Gasteiger partial charge on any atom is 0.225 e. The maximum atomic E-state index is 8.80. The predicted molar refractivity (Wildman–Crippen MR) is 152 cm³/mol. The lowest BCUT2D eigenvalue weighted by atomic mass is 10.1. The lowest BCUT2D eigenvalue weighted by Crippen LogP contribution is -2.47. The molecule has 4 N–H and O–H groups in total. The summed E-state index contributed by atoms with van der Waals surface area (Å²) in [5, 5.41) is 28.9. The van der Waals surface area contributed by atoms with Crippen LogP contribution in [0.4, 0.5) is 11.8 Å². The number of rotatable bonds is 14. The van der Waals surface area contributed by atoms with Gasteiger partial charge in [-0.05, 0) is 44.5 Å². The molecule has 0 spiro atoms. The summed E-state index contributed by atoms with van der Waals surface area (Å²) in [5.74, 6) is 1.48. The molecule has 0 aliphatic carbocycles.